The van der Waals surface area contributed by atoms with Crippen molar-refractivity contribution in [2.75, 3.05) is 40.5 Å². The standard InChI is InChI=1S/C46H60N8O8/c1-27(2)37(51-44(57)59-6)41(55)53-25-33-23-36(53)40-48-35(26-61-21-8-9-22-62-33)39(50-40)32-17-13-30(14-18-32)29-11-15-31(16-12-29)34-24-47-43(49-34)46(5)19-10-20-54(46)42(56)38(28(3)4)52-45(58)60-7/h11-18,24,27-28,33,36-38H,8-10,19-23,25-26H2,1-7H3,(H,47,49)(H,48,50)(H,51,57)(H,52,58)/t33-,36-,37-,38+,46-/m0/s1. The van der Waals surface area contributed by atoms with Crippen molar-refractivity contribution in [1.82, 2.24) is 40.4 Å². The monoisotopic (exact) mass is 852 g/mol. The van der Waals surface area contributed by atoms with E-state index in [1.54, 1.807) is 11.1 Å². The first-order valence-electron chi connectivity index (χ1n) is 21.7. The lowest BCUT2D eigenvalue weighted by molar-refractivity contribution is -0.139. The fourth-order valence-corrected chi connectivity index (χ4v) is 8.79. The third-order valence-corrected chi connectivity index (χ3v) is 12.4. The zero-order valence-corrected chi connectivity index (χ0v) is 36.8. The Bertz CT molecular complexity index is 2200. The van der Waals surface area contributed by atoms with Crippen molar-refractivity contribution in [3.8, 4) is 33.6 Å². The molecule has 62 heavy (non-hydrogen) atoms. The van der Waals surface area contributed by atoms with Gasteiger partial charge in [0.25, 0.3) is 0 Å². The van der Waals surface area contributed by atoms with Crippen LogP contribution < -0.4 is 10.6 Å². The highest BCUT2D eigenvalue weighted by atomic mass is 16.5. The Morgan fingerprint density at radius 3 is 2.03 bits per heavy atom. The second-order valence-corrected chi connectivity index (χ2v) is 17.3. The molecule has 16 nitrogen and oxygen atoms in total. The van der Waals surface area contributed by atoms with Crippen molar-refractivity contribution in [3.63, 3.8) is 0 Å². The number of rotatable bonds is 10. The van der Waals surface area contributed by atoms with Gasteiger partial charge in [0, 0.05) is 38.3 Å². The molecule has 7 rings (SSSR count). The molecule has 0 aliphatic carbocycles. The number of ether oxygens (including phenoxy) is 4. The molecule has 5 atom stereocenters. The first-order valence-corrected chi connectivity index (χ1v) is 21.7. The number of fused-ring (bicyclic) bond motifs is 5. The van der Waals surface area contributed by atoms with E-state index in [0.29, 0.717) is 51.0 Å². The van der Waals surface area contributed by atoms with Gasteiger partial charge in [0.05, 0.1) is 61.8 Å². The van der Waals surface area contributed by atoms with Crippen LogP contribution in [0.4, 0.5) is 9.59 Å². The Hall–Kier alpha value is -5.74. The first kappa shape index (κ1) is 44.3. The van der Waals surface area contributed by atoms with Crippen molar-refractivity contribution in [2.45, 2.75) is 103 Å². The lowest BCUT2D eigenvalue weighted by Gasteiger charge is -2.37. The summed E-state index contributed by atoms with van der Waals surface area (Å²) < 4.78 is 22.0. The van der Waals surface area contributed by atoms with Crippen LogP contribution in [0.3, 0.4) is 0 Å². The van der Waals surface area contributed by atoms with E-state index >= 15 is 0 Å². The third-order valence-electron chi connectivity index (χ3n) is 12.4. The molecule has 4 amide bonds. The summed E-state index contributed by atoms with van der Waals surface area (Å²) in [5.41, 5.74) is 5.69. The quantitative estimate of drug-likeness (QED) is 0.133. The number of benzene rings is 2. The van der Waals surface area contributed by atoms with E-state index in [2.05, 4.69) is 69.1 Å². The average molecular weight is 853 g/mol. The van der Waals surface area contributed by atoms with Gasteiger partial charge >= 0.3 is 12.2 Å². The molecule has 2 aromatic carbocycles. The second-order valence-electron chi connectivity index (χ2n) is 17.3. The largest absolute Gasteiger partial charge is 0.453 e. The van der Waals surface area contributed by atoms with Gasteiger partial charge in [-0.15, -0.1) is 0 Å². The maximum atomic E-state index is 14.1. The zero-order valence-electron chi connectivity index (χ0n) is 36.8. The van der Waals surface area contributed by atoms with Crippen LogP contribution in [0, 0.1) is 11.8 Å². The number of nitrogens with one attached hydrogen (secondary N) is 4. The van der Waals surface area contributed by atoms with Gasteiger partial charge in [-0.05, 0) is 61.1 Å². The van der Waals surface area contributed by atoms with Gasteiger partial charge in [0.15, 0.2) is 0 Å². The van der Waals surface area contributed by atoms with E-state index in [1.807, 2.05) is 39.5 Å². The summed E-state index contributed by atoms with van der Waals surface area (Å²) in [6.07, 6.45) is 4.16. The predicted octanol–water partition coefficient (Wildman–Crippen LogP) is 6.70. The Labute approximate surface area is 362 Å². The molecule has 4 aromatic rings. The highest BCUT2D eigenvalue weighted by molar-refractivity contribution is 5.87. The Morgan fingerprint density at radius 2 is 1.40 bits per heavy atom. The highest BCUT2D eigenvalue weighted by Gasteiger charge is 2.46. The summed E-state index contributed by atoms with van der Waals surface area (Å²) >= 11 is 0. The third kappa shape index (κ3) is 9.36. The Balaban J connectivity index is 1.09. The Kier molecular flexibility index (Phi) is 13.7. The van der Waals surface area contributed by atoms with E-state index in [1.165, 1.54) is 14.2 Å². The van der Waals surface area contributed by atoms with Crippen molar-refractivity contribution >= 4 is 24.0 Å². The van der Waals surface area contributed by atoms with Gasteiger partial charge < -0.3 is 49.3 Å². The van der Waals surface area contributed by atoms with Gasteiger partial charge in [0.1, 0.15) is 23.7 Å². The number of H-pyrrole nitrogens is 2. The van der Waals surface area contributed by atoms with E-state index in [4.69, 9.17) is 28.9 Å². The zero-order chi connectivity index (χ0) is 44.1. The molecule has 4 N–H and O–H groups in total. The topological polar surface area (TPSA) is 193 Å². The van der Waals surface area contributed by atoms with E-state index in [-0.39, 0.29) is 35.8 Å². The summed E-state index contributed by atoms with van der Waals surface area (Å²) in [7, 11) is 2.58. The molecule has 2 aromatic heterocycles. The molecule has 2 fully saturated rings. The summed E-state index contributed by atoms with van der Waals surface area (Å²) in [6, 6.07) is 14.6. The number of aromatic nitrogens is 4. The number of aromatic amines is 2. The van der Waals surface area contributed by atoms with Gasteiger partial charge in [-0.25, -0.2) is 19.6 Å². The summed E-state index contributed by atoms with van der Waals surface area (Å²) in [5.74, 6) is 0.680. The van der Waals surface area contributed by atoms with Gasteiger partial charge in [-0.1, -0.05) is 76.2 Å². The number of nitrogens with zero attached hydrogens (tertiary/aromatic N) is 4. The van der Waals surface area contributed by atoms with Gasteiger partial charge in [-0.2, -0.15) is 0 Å². The van der Waals surface area contributed by atoms with Crippen LogP contribution in [0.5, 0.6) is 0 Å². The maximum Gasteiger partial charge on any atom is 0.407 e. The lowest BCUT2D eigenvalue weighted by atomic mass is 9.95. The lowest BCUT2D eigenvalue weighted by Crippen LogP contribution is -2.55. The number of hydrogen-bond donors (Lipinski definition) is 4. The molecule has 4 bridgehead atoms. The van der Waals surface area contributed by atoms with Crippen molar-refractivity contribution in [2.24, 2.45) is 11.8 Å². The highest BCUT2D eigenvalue weighted by Crippen LogP contribution is 2.40. The van der Waals surface area contributed by atoms with Crippen molar-refractivity contribution < 1.29 is 38.1 Å². The van der Waals surface area contributed by atoms with Crippen LogP contribution in [-0.2, 0) is 40.7 Å². The Morgan fingerprint density at radius 1 is 0.806 bits per heavy atom. The molecule has 0 radical (unpaired) electrons. The molecule has 3 aliphatic heterocycles. The minimum Gasteiger partial charge on any atom is -0.453 e. The summed E-state index contributed by atoms with van der Waals surface area (Å²) in [4.78, 5) is 72.7. The normalized spacial score (nSPS) is 21.4. The fraction of sp³-hybridized carbons (Fsp3) is 0.522. The molecule has 16 heteroatoms. The number of imidazole rings is 2. The minimum absolute atomic E-state index is 0.129. The van der Waals surface area contributed by atoms with Crippen LogP contribution in [0.2, 0.25) is 0 Å². The minimum atomic E-state index is -0.774. The van der Waals surface area contributed by atoms with Gasteiger partial charge in [0.2, 0.25) is 11.8 Å². The number of methoxy groups -OCH3 is 2. The van der Waals surface area contributed by atoms with Crippen LogP contribution in [0.1, 0.15) is 90.1 Å². The van der Waals surface area contributed by atoms with Crippen molar-refractivity contribution in [3.05, 3.63) is 72.1 Å². The van der Waals surface area contributed by atoms with Crippen LogP contribution in [-0.4, -0.2) is 112 Å². The first-order chi connectivity index (χ1) is 29.8. The van der Waals surface area contributed by atoms with E-state index < -0.39 is 29.8 Å². The molecular formula is C46H60N8O8. The molecule has 0 spiro atoms. The average Bonchev–Trinajstić information content (AvgIpc) is 4.10. The van der Waals surface area contributed by atoms with Crippen LogP contribution >= 0.6 is 0 Å². The van der Waals surface area contributed by atoms with Crippen molar-refractivity contribution in [1.29, 1.82) is 0 Å². The van der Waals surface area contributed by atoms with Crippen LogP contribution in [0.25, 0.3) is 33.6 Å². The number of alkyl carbamates (subject to hydrolysis) is 2. The number of hydrogen-bond acceptors (Lipinski definition) is 10. The molecule has 0 unspecified atom stereocenters. The number of carbonyl (C=O) groups is 4. The molecule has 3 aliphatic rings. The molecule has 332 valence electrons. The van der Waals surface area contributed by atoms with Crippen LogP contribution in [0.15, 0.2) is 54.7 Å². The SMILES string of the molecule is COC(=O)N[C@H](C(=O)N1C[C@@H]2C[C@H]1c1nc(-c3ccc(-c4ccc(-c5cnc([C@]6(C)CCCN6C(=O)[C@H](NC(=O)OC)C(C)C)[nH]5)cc4)cc3)c([nH]1)COCCCCO2)C(C)C. The molecule has 5 heterocycles. The molecule has 2 saturated heterocycles. The number of likely N-dealkylation sites (tertiary alicyclic amines) is 2. The van der Waals surface area contributed by atoms with Gasteiger partial charge in [-0.3, -0.25) is 9.59 Å². The summed E-state index contributed by atoms with van der Waals surface area (Å²) in [6.45, 7) is 12.1. The summed E-state index contributed by atoms with van der Waals surface area (Å²) in [5, 5.41) is 5.45. The smallest absolute Gasteiger partial charge is 0.407 e. The second kappa shape index (κ2) is 19.1. The van der Waals surface area contributed by atoms with E-state index in [9.17, 15) is 19.2 Å². The number of carbonyl (C=O) groups excluding carboxylic acids is 4. The molecule has 0 saturated carbocycles. The number of amides is 4. The van der Waals surface area contributed by atoms with E-state index in [0.717, 1.165) is 65.0 Å². The maximum absolute atomic E-state index is 14.1. The predicted molar refractivity (Wildman–Crippen MR) is 231 cm³/mol. The fourth-order valence-electron chi connectivity index (χ4n) is 8.79. The molecular weight excluding hydrogens is 793 g/mol.